The SMILES string of the molecule is COCOCCCC(C)CC(C)CC(C)CC(C)CC(C)CC(C)CCCCl. The fourth-order valence-electron chi connectivity index (χ4n) is 5.16. The Kier molecular flexibility index (Phi) is 18.2. The summed E-state index contributed by atoms with van der Waals surface area (Å²) in [5.41, 5.74) is 0. The van der Waals surface area contributed by atoms with Crippen LogP contribution in [0.2, 0.25) is 0 Å². The molecule has 3 heteroatoms. The van der Waals surface area contributed by atoms with Gasteiger partial charge in [0.2, 0.25) is 0 Å². The van der Waals surface area contributed by atoms with E-state index in [1.807, 2.05) is 0 Å². The number of ether oxygens (including phenoxy) is 2. The van der Waals surface area contributed by atoms with Gasteiger partial charge in [-0.05, 0) is 93.3 Å². The zero-order valence-electron chi connectivity index (χ0n) is 20.1. The summed E-state index contributed by atoms with van der Waals surface area (Å²) in [6, 6.07) is 0. The molecule has 0 heterocycles. The van der Waals surface area contributed by atoms with Crippen LogP contribution < -0.4 is 0 Å². The molecule has 28 heavy (non-hydrogen) atoms. The highest BCUT2D eigenvalue weighted by Gasteiger charge is 2.17. The van der Waals surface area contributed by atoms with Crippen LogP contribution >= 0.6 is 11.6 Å². The zero-order chi connectivity index (χ0) is 21.4. The van der Waals surface area contributed by atoms with Gasteiger partial charge in [-0.25, -0.2) is 0 Å². The highest BCUT2D eigenvalue weighted by atomic mass is 35.5. The summed E-state index contributed by atoms with van der Waals surface area (Å²) in [6.07, 6.45) is 11.7. The van der Waals surface area contributed by atoms with E-state index in [1.165, 1.54) is 51.4 Å². The fraction of sp³-hybridized carbons (Fsp3) is 1.00. The lowest BCUT2D eigenvalue weighted by molar-refractivity contribution is -0.0323. The largest absolute Gasteiger partial charge is 0.359 e. The lowest BCUT2D eigenvalue weighted by Gasteiger charge is -2.25. The lowest BCUT2D eigenvalue weighted by atomic mass is 9.81. The molecule has 0 aromatic rings. The van der Waals surface area contributed by atoms with Crippen LogP contribution in [0.3, 0.4) is 0 Å². The van der Waals surface area contributed by atoms with E-state index in [2.05, 4.69) is 41.5 Å². The van der Waals surface area contributed by atoms with E-state index in [9.17, 15) is 0 Å². The summed E-state index contributed by atoms with van der Waals surface area (Å²) in [4.78, 5) is 0. The molecule has 0 aromatic heterocycles. The molecule has 6 unspecified atom stereocenters. The number of halogens is 1. The number of hydrogen-bond donors (Lipinski definition) is 0. The summed E-state index contributed by atoms with van der Waals surface area (Å²) in [7, 11) is 1.68. The van der Waals surface area contributed by atoms with E-state index < -0.39 is 0 Å². The topological polar surface area (TPSA) is 18.5 Å². The minimum Gasteiger partial charge on any atom is -0.359 e. The van der Waals surface area contributed by atoms with Gasteiger partial charge in [-0.2, -0.15) is 0 Å². The van der Waals surface area contributed by atoms with E-state index in [4.69, 9.17) is 21.1 Å². The first-order valence-corrected chi connectivity index (χ1v) is 12.4. The van der Waals surface area contributed by atoms with Crippen LogP contribution in [-0.2, 0) is 9.47 Å². The number of hydrogen-bond acceptors (Lipinski definition) is 2. The molecule has 0 bridgehead atoms. The molecule has 0 saturated carbocycles. The van der Waals surface area contributed by atoms with Crippen molar-refractivity contribution >= 4 is 11.6 Å². The van der Waals surface area contributed by atoms with E-state index >= 15 is 0 Å². The first-order valence-electron chi connectivity index (χ1n) is 11.9. The Bertz CT molecular complexity index is 337. The zero-order valence-corrected chi connectivity index (χ0v) is 20.9. The molecule has 2 nitrogen and oxygen atoms in total. The maximum atomic E-state index is 5.83. The molecule has 0 aliphatic heterocycles. The molecule has 0 amide bonds. The van der Waals surface area contributed by atoms with Gasteiger partial charge in [-0.1, -0.05) is 41.5 Å². The van der Waals surface area contributed by atoms with Crippen molar-refractivity contribution in [2.45, 2.75) is 99.3 Å². The minimum absolute atomic E-state index is 0.422. The fourth-order valence-corrected chi connectivity index (χ4v) is 5.31. The van der Waals surface area contributed by atoms with Crippen molar-refractivity contribution in [3.8, 4) is 0 Å². The van der Waals surface area contributed by atoms with Crippen LogP contribution in [0.25, 0.3) is 0 Å². The smallest absolute Gasteiger partial charge is 0.146 e. The van der Waals surface area contributed by atoms with Crippen LogP contribution in [0.5, 0.6) is 0 Å². The van der Waals surface area contributed by atoms with E-state index in [1.54, 1.807) is 7.11 Å². The van der Waals surface area contributed by atoms with Gasteiger partial charge >= 0.3 is 0 Å². The molecule has 0 rings (SSSR count). The van der Waals surface area contributed by atoms with Gasteiger partial charge in [-0.3, -0.25) is 0 Å². The second kappa shape index (κ2) is 18.0. The normalized spacial score (nSPS) is 18.4. The number of alkyl halides is 1. The predicted molar refractivity (Wildman–Crippen MR) is 125 cm³/mol. The second-order valence-electron chi connectivity index (χ2n) is 10.1. The van der Waals surface area contributed by atoms with Crippen molar-refractivity contribution in [1.29, 1.82) is 0 Å². The standard InChI is InChI=1S/C25H51ClO2/c1-20(10-8-12-26)14-22(3)16-24(5)18-25(6)17-23(4)15-21(2)11-9-13-28-19-27-7/h20-25H,8-19H2,1-7H3. The highest BCUT2D eigenvalue weighted by Crippen LogP contribution is 2.29. The van der Waals surface area contributed by atoms with Gasteiger partial charge in [0, 0.05) is 19.6 Å². The number of methoxy groups -OCH3 is 1. The average molecular weight is 419 g/mol. The molecule has 0 radical (unpaired) electrons. The molecule has 0 aliphatic rings. The molecule has 170 valence electrons. The first-order chi connectivity index (χ1) is 13.3. The van der Waals surface area contributed by atoms with Gasteiger partial charge in [0.15, 0.2) is 0 Å². The van der Waals surface area contributed by atoms with Gasteiger partial charge in [-0.15, -0.1) is 11.6 Å². The molecule has 0 spiro atoms. The van der Waals surface area contributed by atoms with Crippen molar-refractivity contribution in [3.63, 3.8) is 0 Å². The van der Waals surface area contributed by atoms with Crippen molar-refractivity contribution in [3.05, 3.63) is 0 Å². The molecular weight excluding hydrogens is 368 g/mol. The predicted octanol–water partition coefficient (Wildman–Crippen LogP) is 8.17. The third kappa shape index (κ3) is 17.1. The highest BCUT2D eigenvalue weighted by molar-refractivity contribution is 6.17. The third-order valence-electron chi connectivity index (χ3n) is 6.04. The summed E-state index contributed by atoms with van der Waals surface area (Å²) in [5, 5.41) is 0. The van der Waals surface area contributed by atoms with Gasteiger partial charge in [0.1, 0.15) is 6.79 Å². The molecule has 0 fully saturated rings. The monoisotopic (exact) mass is 418 g/mol. The third-order valence-corrected chi connectivity index (χ3v) is 6.31. The molecule has 0 saturated heterocycles. The first kappa shape index (κ1) is 28.2. The Morgan fingerprint density at radius 1 is 0.607 bits per heavy atom. The number of rotatable bonds is 19. The minimum atomic E-state index is 0.422. The van der Waals surface area contributed by atoms with Crippen molar-refractivity contribution < 1.29 is 9.47 Å². The molecule has 0 aromatic carbocycles. The van der Waals surface area contributed by atoms with Crippen LogP contribution in [-0.4, -0.2) is 26.4 Å². The van der Waals surface area contributed by atoms with E-state index in [0.717, 1.165) is 54.4 Å². The van der Waals surface area contributed by atoms with Crippen LogP contribution in [0.1, 0.15) is 99.3 Å². The van der Waals surface area contributed by atoms with Gasteiger partial charge in [0.05, 0.1) is 0 Å². The van der Waals surface area contributed by atoms with Crippen LogP contribution in [0, 0.1) is 35.5 Å². The molecule has 6 atom stereocenters. The summed E-state index contributed by atoms with van der Waals surface area (Å²) >= 11 is 5.83. The Balaban J connectivity index is 3.93. The maximum Gasteiger partial charge on any atom is 0.146 e. The average Bonchev–Trinajstić information content (AvgIpc) is 2.58. The summed E-state index contributed by atoms with van der Waals surface area (Å²) in [6.45, 7) is 15.8. The van der Waals surface area contributed by atoms with Crippen molar-refractivity contribution in [2.24, 2.45) is 35.5 Å². The maximum absolute atomic E-state index is 5.83. The van der Waals surface area contributed by atoms with Crippen LogP contribution in [0.4, 0.5) is 0 Å². The summed E-state index contributed by atoms with van der Waals surface area (Å²) in [5.74, 6) is 5.76. The Labute approximate surface area is 182 Å². The van der Waals surface area contributed by atoms with E-state index in [-0.39, 0.29) is 0 Å². The van der Waals surface area contributed by atoms with Crippen LogP contribution in [0.15, 0.2) is 0 Å². The second-order valence-corrected chi connectivity index (χ2v) is 10.5. The molecular formula is C25H51ClO2. The van der Waals surface area contributed by atoms with Gasteiger partial charge in [0.25, 0.3) is 0 Å². The molecule has 0 N–H and O–H groups in total. The Hall–Kier alpha value is 0.210. The Morgan fingerprint density at radius 2 is 1.00 bits per heavy atom. The summed E-state index contributed by atoms with van der Waals surface area (Å²) < 4.78 is 10.3. The van der Waals surface area contributed by atoms with Crippen molar-refractivity contribution in [2.75, 3.05) is 26.4 Å². The van der Waals surface area contributed by atoms with Crippen molar-refractivity contribution in [1.82, 2.24) is 0 Å². The quantitative estimate of drug-likeness (QED) is 0.119. The Morgan fingerprint density at radius 3 is 1.39 bits per heavy atom. The van der Waals surface area contributed by atoms with Gasteiger partial charge < -0.3 is 9.47 Å². The lowest BCUT2D eigenvalue weighted by Crippen LogP contribution is -2.13. The van der Waals surface area contributed by atoms with E-state index in [0.29, 0.717) is 6.79 Å². The molecule has 0 aliphatic carbocycles.